The van der Waals surface area contributed by atoms with Gasteiger partial charge in [0.25, 0.3) is 0 Å². The van der Waals surface area contributed by atoms with Gasteiger partial charge in [0.15, 0.2) is 5.82 Å². The number of pyridine rings is 1. The number of aromatic amines is 1. The Hall–Kier alpha value is -2.56. The molecule has 84 valence electrons. The minimum atomic E-state index is 0.453. The Bertz CT molecular complexity index is 613. The molecule has 3 rings (SSSR count). The van der Waals surface area contributed by atoms with Crippen LogP contribution in [0.4, 0.5) is 5.82 Å². The number of rotatable bonds is 2. The lowest BCUT2D eigenvalue weighted by molar-refractivity contribution is 0.568. The SMILES string of the molecule is Nc1n[nH]c(-c2ccoc2)c1-c1cccnc1. The molecule has 3 heterocycles. The molecule has 0 aliphatic carbocycles. The van der Waals surface area contributed by atoms with E-state index in [1.807, 2.05) is 18.2 Å². The molecular weight excluding hydrogens is 216 g/mol. The monoisotopic (exact) mass is 226 g/mol. The zero-order chi connectivity index (χ0) is 11.7. The van der Waals surface area contributed by atoms with E-state index >= 15 is 0 Å². The number of hydrogen-bond acceptors (Lipinski definition) is 4. The van der Waals surface area contributed by atoms with E-state index in [1.54, 1.807) is 24.9 Å². The number of anilines is 1. The second-order valence-corrected chi connectivity index (χ2v) is 3.61. The minimum Gasteiger partial charge on any atom is -0.472 e. The molecule has 0 bridgehead atoms. The quantitative estimate of drug-likeness (QED) is 0.702. The summed E-state index contributed by atoms with van der Waals surface area (Å²) in [4.78, 5) is 4.08. The Morgan fingerprint density at radius 1 is 1.24 bits per heavy atom. The normalized spacial score (nSPS) is 10.6. The summed E-state index contributed by atoms with van der Waals surface area (Å²) in [5, 5.41) is 6.94. The van der Waals surface area contributed by atoms with Crippen molar-refractivity contribution in [2.24, 2.45) is 0 Å². The van der Waals surface area contributed by atoms with Crippen LogP contribution < -0.4 is 5.73 Å². The average molecular weight is 226 g/mol. The summed E-state index contributed by atoms with van der Waals surface area (Å²) in [7, 11) is 0. The molecule has 5 heteroatoms. The van der Waals surface area contributed by atoms with Crippen LogP contribution in [-0.2, 0) is 0 Å². The van der Waals surface area contributed by atoms with Crippen molar-refractivity contribution in [3.63, 3.8) is 0 Å². The number of hydrogen-bond donors (Lipinski definition) is 2. The third-order valence-electron chi connectivity index (χ3n) is 2.55. The molecule has 0 aliphatic rings. The fraction of sp³-hybridized carbons (Fsp3) is 0. The fourth-order valence-electron chi connectivity index (χ4n) is 1.77. The first-order valence-electron chi connectivity index (χ1n) is 5.13. The Morgan fingerprint density at radius 2 is 2.18 bits per heavy atom. The number of aromatic nitrogens is 3. The maximum Gasteiger partial charge on any atom is 0.153 e. The van der Waals surface area contributed by atoms with Gasteiger partial charge in [0.2, 0.25) is 0 Å². The second-order valence-electron chi connectivity index (χ2n) is 3.61. The molecular formula is C12H10N4O. The summed E-state index contributed by atoms with van der Waals surface area (Å²) in [6, 6.07) is 5.66. The Labute approximate surface area is 97.3 Å². The number of nitrogens with one attached hydrogen (secondary N) is 1. The van der Waals surface area contributed by atoms with E-state index in [-0.39, 0.29) is 0 Å². The fourth-order valence-corrected chi connectivity index (χ4v) is 1.77. The first-order valence-corrected chi connectivity index (χ1v) is 5.13. The van der Waals surface area contributed by atoms with Crippen molar-refractivity contribution < 1.29 is 4.42 Å². The first kappa shape index (κ1) is 9.65. The van der Waals surface area contributed by atoms with Gasteiger partial charge < -0.3 is 10.2 Å². The number of nitrogen functional groups attached to an aromatic ring is 1. The highest BCUT2D eigenvalue weighted by Gasteiger charge is 2.15. The smallest absolute Gasteiger partial charge is 0.153 e. The third-order valence-corrected chi connectivity index (χ3v) is 2.55. The van der Waals surface area contributed by atoms with Crippen LogP contribution in [0.5, 0.6) is 0 Å². The first-order chi connectivity index (χ1) is 8.36. The zero-order valence-electron chi connectivity index (χ0n) is 8.92. The summed E-state index contributed by atoms with van der Waals surface area (Å²) in [6.07, 6.45) is 6.73. The van der Waals surface area contributed by atoms with Crippen molar-refractivity contribution in [2.45, 2.75) is 0 Å². The van der Waals surface area contributed by atoms with Gasteiger partial charge in [-0.3, -0.25) is 10.1 Å². The molecule has 0 aromatic carbocycles. The van der Waals surface area contributed by atoms with Crippen LogP contribution in [0.25, 0.3) is 22.4 Å². The highest BCUT2D eigenvalue weighted by molar-refractivity contribution is 5.87. The van der Waals surface area contributed by atoms with Crippen molar-refractivity contribution in [3.05, 3.63) is 43.1 Å². The molecule has 0 spiro atoms. The molecule has 0 fully saturated rings. The van der Waals surface area contributed by atoms with Crippen molar-refractivity contribution >= 4 is 5.82 Å². The average Bonchev–Trinajstić information content (AvgIpc) is 2.98. The predicted molar refractivity (Wildman–Crippen MR) is 63.9 cm³/mol. The van der Waals surface area contributed by atoms with Crippen LogP contribution in [0.3, 0.4) is 0 Å². The van der Waals surface area contributed by atoms with Crippen LogP contribution in [0.1, 0.15) is 0 Å². The Balaban J connectivity index is 2.20. The summed E-state index contributed by atoms with van der Waals surface area (Å²) >= 11 is 0. The van der Waals surface area contributed by atoms with Gasteiger partial charge in [-0.1, -0.05) is 6.07 Å². The minimum absolute atomic E-state index is 0.453. The summed E-state index contributed by atoms with van der Waals surface area (Å²) in [5.74, 6) is 0.453. The number of furan rings is 1. The molecule has 0 amide bonds. The van der Waals surface area contributed by atoms with Gasteiger partial charge in [0, 0.05) is 23.5 Å². The maximum atomic E-state index is 5.88. The van der Waals surface area contributed by atoms with Gasteiger partial charge in [-0.15, -0.1) is 0 Å². The van der Waals surface area contributed by atoms with E-state index in [9.17, 15) is 0 Å². The highest BCUT2D eigenvalue weighted by atomic mass is 16.3. The molecule has 0 saturated carbocycles. The van der Waals surface area contributed by atoms with Crippen molar-refractivity contribution in [1.29, 1.82) is 0 Å². The van der Waals surface area contributed by atoms with Crippen LogP contribution in [0.15, 0.2) is 47.5 Å². The molecule has 0 saturated heterocycles. The zero-order valence-corrected chi connectivity index (χ0v) is 8.92. The van der Waals surface area contributed by atoms with Crippen molar-refractivity contribution in [2.75, 3.05) is 5.73 Å². The second kappa shape index (κ2) is 3.79. The maximum absolute atomic E-state index is 5.88. The lowest BCUT2D eigenvalue weighted by Crippen LogP contribution is -1.88. The molecule has 0 aliphatic heterocycles. The van der Waals surface area contributed by atoms with Gasteiger partial charge in [-0.25, -0.2) is 0 Å². The van der Waals surface area contributed by atoms with Crippen LogP contribution in [0.2, 0.25) is 0 Å². The Kier molecular flexibility index (Phi) is 2.15. The summed E-state index contributed by atoms with van der Waals surface area (Å²) in [5.41, 5.74) is 9.40. The van der Waals surface area contributed by atoms with Crippen LogP contribution in [0, 0.1) is 0 Å². The van der Waals surface area contributed by atoms with Gasteiger partial charge in [0.1, 0.15) is 0 Å². The molecule has 3 N–H and O–H groups in total. The van der Waals surface area contributed by atoms with Gasteiger partial charge >= 0.3 is 0 Å². The van der Waals surface area contributed by atoms with E-state index in [1.165, 1.54) is 0 Å². The Morgan fingerprint density at radius 3 is 2.88 bits per heavy atom. The largest absolute Gasteiger partial charge is 0.472 e. The third kappa shape index (κ3) is 1.57. The lowest BCUT2D eigenvalue weighted by Gasteiger charge is -2.01. The van der Waals surface area contributed by atoms with Crippen molar-refractivity contribution in [3.8, 4) is 22.4 Å². The van der Waals surface area contributed by atoms with Gasteiger partial charge in [0.05, 0.1) is 23.8 Å². The molecule has 17 heavy (non-hydrogen) atoms. The summed E-state index contributed by atoms with van der Waals surface area (Å²) in [6.45, 7) is 0. The van der Waals surface area contributed by atoms with E-state index in [4.69, 9.17) is 10.2 Å². The predicted octanol–water partition coefficient (Wildman–Crippen LogP) is 2.31. The number of H-pyrrole nitrogens is 1. The van der Waals surface area contributed by atoms with Crippen molar-refractivity contribution in [1.82, 2.24) is 15.2 Å². The van der Waals surface area contributed by atoms with E-state index in [0.29, 0.717) is 5.82 Å². The molecule has 0 unspecified atom stereocenters. The molecule has 3 aromatic heterocycles. The molecule has 3 aromatic rings. The molecule has 0 radical (unpaired) electrons. The van der Waals surface area contributed by atoms with E-state index in [0.717, 1.165) is 22.4 Å². The van der Waals surface area contributed by atoms with E-state index < -0.39 is 0 Å². The number of nitrogens with two attached hydrogens (primary N) is 1. The van der Waals surface area contributed by atoms with Crippen LogP contribution in [-0.4, -0.2) is 15.2 Å². The molecule has 5 nitrogen and oxygen atoms in total. The highest BCUT2D eigenvalue weighted by Crippen LogP contribution is 2.34. The van der Waals surface area contributed by atoms with Gasteiger partial charge in [-0.2, -0.15) is 5.10 Å². The van der Waals surface area contributed by atoms with E-state index in [2.05, 4.69) is 15.2 Å². The molecule has 0 atom stereocenters. The lowest BCUT2D eigenvalue weighted by atomic mass is 10.0. The van der Waals surface area contributed by atoms with Gasteiger partial charge in [-0.05, 0) is 12.1 Å². The topological polar surface area (TPSA) is 80.7 Å². The number of nitrogens with zero attached hydrogens (tertiary/aromatic N) is 2. The standard InChI is InChI=1S/C12H10N4O/c13-12-10(8-2-1-4-14-6-8)11(15-16-12)9-3-5-17-7-9/h1-7H,(H3,13,15,16). The summed E-state index contributed by atoms with van der Waals surface area (Å²) < 4.78 is 5.06. The van der Waals surface area contributed by atoms with Crippen LogP contribution >= 0.6 is 0 Å².